The number of carbonyl (C=O) groups excluding carboxylic acids is 2. The van der Waals surface area contributed by atoms with Gasteiger partial charge in [0.2, 0.25) is 5.17 Å². The van der Waals surface area contributed by atoms with Gasteiger partial charge in [0.25, 0.3) is 5.91 Å². The van der Waals surface area contributed by atoms with Gasteiger partial charge in [-0.05, 0) is 59.8 Å². The first-order valence-corrected chi connectivity index (χ1v) is 10.7. The van der Waals surface area contributed by atoms with Crippen molar-refractivity contribution in [2.45, 2.75) is 0 Å². The Bertz CT molecular complexity index is 1350. The van der Waals surface area contributed by atoms with Gasteiger partial charge in [0.1, 0.15) is 10.8 Å². The average molecular weight is 453 g/mol. The van der Waals surface area contributed by atoms with Crippen molar-refractivity contribution >= 4 is 45.8 Å². The number of amides is 1. The number of thioether (sulfide) groups is 1. The summed E-state index contributed by atoms with van der Waals surface area (Å²) in [4.78, 5) is 33.0. The molecule has 0 saturated heterocycles. The molecule has 0 fully saturated rings. The number of nitrogens with one attached hydrogen (secondary N) is 1. The number of hydrazone groups is 1. The molecule has 0 radical (unpaired) electrons. The van der Waals surface area contributed by atoms with Crippen LogP contribution in [0.2, 0.25) is 0 Å². The summed E-state index contributed by atoms with van der Waals surface area (Å²) < 4.78 is 5.37. The lowest BCUT2D eigenvalue weighted by atomic mass is 10.1. The van der Waals surface area contributed by atoms with Crippen LogP contribution < -0.4 is 4.74 Å². The Morgan fingerprint density at radius 1 is 1.03 bits per heavy atom. The maximum Gasteiger partial charge on any atom is 0.343 e. The molecule has 0 atom stereocenters. The second-order valence-electron chi connectivity index (χ2n) is 6.99. The van der Waals surface area contributed by atoms with E-state index in [1.54, 1.807) is 73.1 Å². The van der Waals surface area contributed by atoms with E-state index in [1.165, 1.54) is 16.8 Å². The van der Waals surface area contributed by atoms with Crippen LogP contribution in [-0.2, 0) is 4.79 Å². The second-order valence-corrected chi connectivity index (χ2v) is 7.95. The Labute approximate surface area is 192 Å². The van der Waals surface area contributed by atoms with E-state index in [1.807, 2.05) is 12.1 Å². The topological polar surface area (TPSA) is 108 Å². The molecule has 0 unspecified atom stereocenters. The van der Waals surface area contributed by atoms with Gasteiger partial charge in [-0.3, -0.25) is 15.2 Å². The van der Waals surface area contributed by atoms with Gasteiger partial charge in [-0.25, -0.2) is 4.79 Å². The summed E-state index contributed by atoms with van der Waals surface area (Å²) in [6, 6.07) is 19.0. The van der Waals surface area contributed by atoms with Crippen LogP contribution in [0.25, 0.3) is 6.08 Å². The zero-order chi connectivity index (χ0) is 22.8. The number of nitrogens with zero attached hydrogens (tertiary/aromatic N) is 4. The average Bonchev–Trinajstić information content (AvgIpc) is 3.28. The second kappa shape index (κ2) is 8.64. The number of aliphatic imine (C=N–C) groups is 1. The minimum Gasteiger partial charge on any atom is -0.423 e. The lowest BCUT2D eigenvalue weighted by molar-refractivity contribution is -0.114. The van der Waals surface area contributed by atoms with Gasteiger partial charge in [0.15, 0.2) is 5.84 Å². The molecule has 2 aliphatic rings. The van der Waals surface area contributed by atoms with Gasteiger partial charge < -0.3 is 4.74 Å². The van der Waals surface area contributed by atoms with E-state index >= 15 is 0 Å². The van der Waals surface area contributed by atoms with E-state index in [9.17, 15) is 9.59 Å². The van der Waals surface area contributed by atoms with Crippen LogP contribution in [0.15, 0.2) is 94.8 Å². The smallest absolute Gasteiger partial charge is 0.343 e. The zero-order valence-corrected chi connectivity index (χ0v) is 17.8. The standard InChI is InChI=1S/C24H15N5O3S/c25-20-19(21(30)27-24-29(20)28-22(33-24)17-7-4-12-26-14-17)13-15-8-10-18(11-9-15)32-23(31)16-5-2-1-3-6-16/h1-14,25H/b19-13-,25-20?. The van der Waals surface area contributed by atoms with Crippen molar-refractivity contribution < 1.29 is 14.3 Å². The van der Waals surface area contributed by atoms with Gasteiger partial charge in [0, 0.05) is 18.0 Å². The molecule has 33 heavy (non-hydrogen) atoms. The zero-order valence-electron chi connectivity index (χ0n) is 17.0. The molecule has 1 aromatic heterocycles. The molecule has 0 saturated carbocycles. The number of fused-ring (bicyclic) bond motifs is 1. The molecular weight excluding hydrogens is 438 g/mol. The predicted molar refractivity (Wildman–Crippen MR) is 126 cm³/mol. The first-order valence-electron chi connectivity index (χ1n) is 9.86. The Morgan fingerprint density at radius 2 is 1.82 bits per heavy atom. The SMILES string of the molecule is N=C1/C(=C/c2ccc(OC(=O)c3ccccc3)cc2)C(=O)N=C2SC(c3cccnc3)=NN12. The molecule has 1 N–H and O–H groups in total. The summed E-state index contributed by atoms with van der Waals surface area (Å²) in [6.07, 6.45) is 4.89. The van der Waals surface area contributed by atoms with Crippen molar-refractivity contribution in [2.75, 3.05) is 0 Å². The van der Waals surface area contributed by atoms with E-state index in [0.29, 0.717) is 27.1 Å². The van der Waals surface area contributed by atoms with Crippen molar-refractivity contribution in [2.24, 2.45) is 10.1 Å². The maximum absolute atomic E-state index is 12.6. The first kappa shape index (κ1) is 20.5. The molecule has 3 aromatic rings. The molecule has 3 heterocycles. The number of aromatic nitrogens is 1. The number of hydrogen-bond acceptors (Lipinski definition) is 7. The lowest BCUT2D eigenvalue weighted by Gasteiger charge is -2.20. The fourth-order valence-electron chi connectivity index (χ4n) is 3.14. The van der Waals surface area contributed by atoms with Gasteiger partial charge in [-0.1, -0.05) is 30.3 Å². The van der Waals surface area contributed by atoms with E-state index < -0.39 is 11.9 Å². The third-order valence-corrected chi connectivity index (χ3v) is 5.73. The number of benzene rings is 2. The van der Waals surface area contributed by atoms with E-state index in [4.69, 9.17) is 10.1 Å². The molecular formula is C24H15N5O3S. The minimum absolute atomic E-state index is 0.0593. The number of esters is 1. The van der Waals surface area contributed by atoms with E-state index in [2.05, 4.69) is 15.1 Å². The summed E-state index contributed by atoms with van der Waals surface area (Å²) in [5.41, 5.74) is 2.01. The Balaban J connectivity index is 1.34. The van der Waals surface area contributed by atoms with Crippen molar-refractivity contribution in [1.82, 2.24) is 9.99 Å². The highest BCUT2D eigenvalue weighted by Crippen LogP contribution is 2.30. The number of pyridine rings is 1. The van der Waals surface area contributed by atoms with Crippen molar-refractivity contribution in [3.05, 3.63) is 101 Å². The highest BCUT2D eigenvalue weighted by Gasteiger charge is 2.36. The van der Waals surface area contributed by atoms with Crippen molar-refractivity contribution in [3.63, 3.8) is 0 Å². The maximum atomic E-state index is 12.6. The van der Waals surface area contributed by atoms with Crippen LogP contribution in [0.5, 0.6) is 5.75 Å². The van der Waals surface area contributed by atoms with Crippen LogP contribution in [-0.4, -0.2) is 37.9 Å². The first-order chi connectivity index (χ1) is 16.1. The normalized spacial score (nSPS) is 16.4. The molecule has 2 aromatic carbocycles. The van der Waals surface area contributed by atoms with Gasteiger partial charge in [0.05, 0.1) is 11.1 Å². The molecule has 0 aliphatic carbocycles. The fraction of sp³-hybridized carbons (Fsp3) is 0. The summed E-state index contributed by atoms with van der Waals surface area (Å²) in [5, 5.41) is 15.2. The molecule has 160 valence electrons. The quantitative estimate of drug-likeness (QED) is 0.364. The lowest BCUT2D eigenvalue weighted by Crippen LogP contribution is -2.35. The van der Waals surface area contributed by atoms with Crippen LogP contribution in [0, 0.1) is 5.41 Å². The molecule has 5 rings (SSSR count). The summed E-state index contributed by atoms with van der Waals surface area (Å²) in [5.74, 6) is -0.656. The minimum atomic E-state index is -0.513. The molecule has 0 spiro atoms. The van der Waals surface area contributed by atoms with Crippen LogP contribution in [0.4, 0.5) is 0 Å². The molecule has 2 aliphatic heterocycles. The predicted octanol–water partition coefficient (Wildman–Crippen LogP) is 3.97. The largest absolute Gasteiger partial charge is 0.423 e. The number of amidine groups is 2. The summed E-state index contributed by atoms with van der Waals surface area (Å²) in [7, 11) is 0. The van der Waals surface area contributed by atoms with Gasteiger partial charge in [-0.15, -0.1) is 0 Å². The third-order valence-electron chi connectivity index (χ3n) is 4.77. The number of carbonyl (C=O) groups is 2. The van der Waals surface area contributed by atoms with Gasteiger partial charge in [-0.2, -0.15) is 15.1 Å². The number of rotatable bonds is 4. The highest BCUT2D eigenvalue weighted by molar-refractivity contribution is 8.27. The Kier molecular flexibility index (Phi) is 5.37. The third kappa shape index (κ3) is 4.21. The number of hydrogen-bond donors (Lipinski definition) is 1. The summed E-state index contributed by atoms with van der Waals surface area (Å²) >= 11 is 1.22. The van der Waals surface area contributed by atoms with E-state index in [0.717, 1.165) is 5.56 Å². The Hall–Kier alpha value is -4.37. The molecule has 1 amide bonds. The fourth-order valence-corrected chi connectivity index (χ4v) is 4.02. The van der Waals surface area contributed by atoms with Gasteiger partial charge >= 0.3 is 5.97 Å². The van der Waals surface area contributed by atoms with Crippen molar-refractivity contribution in [1.29, 1.82) is 5.41 Å². The van der Waals surface area contributed by atoms with Crippen LogP contribution in [0.1, 0.15) is 21.5 Å². The number of ether oxygens (including phenoxy) is 1. The Morgan fingerprint density at radius 3 is 2.55 bits per heavy atom. The molecule has 8 nitrogen and oxygen atoms in total. The summed E-state index contributed by atoms with van der Waals surface area (Å²) in [6.45, 7) is 0. The monoisotopic (exact) mass is 453 g/mol. The van der Waals surface area contributed by atoms with E-state index in [-0.39, 0.29) is 11.4 Å². The molecule has 0 bridgehead atoms. The molecule has 9 heteroatoms. The van der Waals surface area contributed by atoms with Crippen molar-refractivity contribution in [3.8, 4) is 5.75 Å². The highest BCUT2D eigenvalue weighted by atomic mass is 32.2. The van der Waals surface area contributed by atoms with Crippen LogP contribution in [0.3, 0.4) is 0 Å². The van der Waals surface area contributed by atoms with Crippen LogP contribution >= 0.6 is 11.8 Å².